The minimum Gasteiger partial charge on any atom is -0.389 e. The largest absolute Gasteiger partial charge is 0.389 e. The second-order valence-corrected chi connectivity index (χ2v) is 5.83. The van der Waals surface area contributed by atoms with Crippen LogP contribution in [0.1, 0.15) is 78.6 Å². The molecule has 0 spiro atoms. The fourth-order valence-electron chi connectivity index (χ4n) is 2.36. The van der Waals surface area contributed by atoms with Gasteiger partial charge in [-0.3, -0.25) is 0 Å². The molecule has 0 rings (SSSR count). The van der Waals surface area contributed by atoms with Gasteiger partial charge in [0.2, 0.25) is 0 Å². The number of unbranched alkanes of at least 4 members (excludes halogenated alkanes) is 4. The molecule has 0 aromatic carbocycles. The molecule has 0 radical (unpaired) electrons. The predicted octanol–water partition coefficient (Wildman–Crippen LogP) is 3.89. The Morgan fingerprint density at radius 2 is 1.65 bits per heavy atom. The van der Waals surface area contributed by atoms with Crippen LogP contribution in [0.25, 0.3) is 0 Å². The summed E-state index contributed by atoms with van der Waals surface area (Å²) < 4.78 is 5.53. The van der Waals surface area contributed by atoms with Crippen LogP contribution in [0.2, 0.25) is 0 Å². The van der Waals surface area contributed by atoms with Crippen molar-refractivity contribution in [3.8, 4) is 0 Å². The van der Waals surface area contributed by atoms with Gasteiger partial charge in [0, 0.05) is 19.2 Å². The molecule has 0 aromatic heterocycles. The first-order chi connectivity index (χ1) is 9.74. The van der Waals surface area contributed by atoms with Crippen molar-refractivity contribution in [2.45, 2.75) is 90.7 Å². The molecule has 3 nitrogen and oxygen atoms in total. The van der Waals surface area contributed by atoms with Gasteiger partial charge in [0.1, 0.15) is 0 Å². The third-order valence-corrected chi connectivity index (χ3v) is 3.64. The van der Waals surface area contributed by atoms with Gasteiger partial charge in [-0.25, -0.2) is 0 Å². The lowest BCUT2D eigenvalue weighted by atomic mass is 10.1. The van der Waals surface area contributed by atoms with Crippen molar-refractivity contribution in [2.24, 2.45) is 0 Å². The predicted molar refractivity (Wildman–Crippen MR) is 87.2 cm³/mol. The molecule has 2 unspecified atom stereocenters. The summed E-state index contributed by atoms with van der Waals surface area (Å²) in [6.07, 6.45) is 10.6. The maximum absolute atomic E-state index is 9.91. The Hall–Kier alpha value is -0.120. The highest BCUT2D eigenvalue weighted by molar-refractivity contribution is 4.69. The van der Waals surface area contributed by atoms with E-state index in [-0.39, 0.29) is 6.10 Å². The van der Waals surface area contributed by atoms with Crippen LogP contribution >= 0.6 is 0 Å². The van der Waals surface area contributed by atoms with Crippen LogP contribution in [0.5, 0.6) is 0 Å². The van der Waals surface area contributed by atoms with Gasteiger partial charge in [0.05, 0.1) is 12.7 Å². The highest BCUT2D eigenvalue weighted by Crippen LogP contribution is 2.07. The minimum atomic E-state index is -0.373. The van der Waals surface area contributed by atoms with Gasteiger partial charge in [0.15, 0.2) is 0 Å². The molecule has 0 aliphatic rings. The van der Waals surface area contributed by atoms with Crippen LogP contribution in [0.15, 0.2) is 0 Å². The Morgan fingerprint density at radius 3 is 2.30 bits per heavy atom. The maximum Gasteiger partial charge on any atom is 0.0897 e. The summed E-state index contributed by atoms with van der Waals surface area (Å²) in [6, 6.07) is 0.555. The summed E-state index contributed by atoms with van der Waals surface area (Å²) in [5, 5.41) is 13.4. The van der Waals surface area contributed by atoms with Crippen molar-refractivity contribution in [1.82, 2.24) is 5.32 Å². The second kappa shape index (κ2) is 15.3. The number of ether oxygens (including phenoxy) is 1. The van der Waals surface area contributed by atoms with Crippen molar-refractivity contribution in [3.05, 3.63) is 0 Å². The number of hydrogen-bond donors (Lipinski definition) is 2. The summed E-state index contributed by atoms with van der Waals surface area (Å²) >= 11 is 0. The van der Waals surface area contributed by atoms with E-state index in [4.69, 9.17) is 4.74 Å². The quantitative estimate of drug-likeness (QED) is 0.449. The van der Waals surface area contributed by atoms with Gasteiger partial charge in [-0.05, 0) is 19.3 Å². The fourth-order valence-corrected chi connectivity index (χ4v) is 2.36. The number of nitrogens with one attached hydrogen (secondary N) is 1. The second-order valence-electron chi connectivity index (χ2n) is 5.83. The molecule has 0 aliphatic carbocycles. The Morgan fingerprint density at radius 1 is 0.900 bits per heavy atom. The molecule has 0 aliphatic heterocycles. The lowest BCUT2D eigenvalue weighted by molar-refractivity contribution is 0.0338. The van der Waals surface area contributed by atoms with Crippen LogP contribution in [0.3, 0.4) is 0 Å². The van der Waals surface area contributed by atoms with Gasteiger partial charge >= 0.3 is 0 Å². The molecule has 2 atom stereocenters. The van der Waals surface area contributed by atoms with Crippen molar-refractivity contribution >= 4 is 0 Å². The van der Waals surface area contributed by atoms with Crippen molar-refractivity contribution < 1.29 is 9.84 Å². The van der Waals surface area contributed by atoms with Gasteiger partial charge in [-0.2, -0.15) is 0 Å². The lowest BCUT2D eigenvalue weighted by Gasteiger charge is -2.20. The maximum atomic E-state index is 9.91. The molecule has 20 heavy (non-hydrogen) atoms. The summed E-state index contributed by atoms with van der Waals surface area (Å²) in [7, 11) is 0. The van der Waals surface area contributed by atoms with Crippen LogP contribution in [-0.2, 0) is 4.74 Å². The molecular weight excluding hydrogens is 250 g/mol. The molecule has 122 valence electrons. The molecule has 2 N–H and O–H groups in total. The number of rotatable bonds is 15. The Balaban J connectivity index is 3.54. The summed E-state index contributed by atoms with van der Waals surface area (Å²) in [4.78, 5) is 0. The van der Waals surface area contributed by atoms with Gasteiger partial charge in [-0.15, -0.1) is 0 Å². The minimum absolute atomic E-state index is 0.373. The van der Waals surface area contributed by atoms with Crippen LogP contribution in [0.4, 0.5) is 0 Å². The highest BCUT2D eigenvalue weighted by atomic mass is 16.5. The van der Waals surface area contributed by atoms with Crippen LogP contribution < -0.4 is 5.32 Å². The molecule has 0 saturated heterocycles. The zero-order valence-electron chi connectivity index (χ0n) is 14.0. The van der Waals surface area contributed by atoms with Crippen molar-refractivity contribution in [3.63, 3.8) is 0 Å². The molecule has 0 bridgehead atoms. The number of aliphatic hydroxyl groups excluding tert-OH is 1. The highest BCUT2D eigenvalue weighted by Gasteiger charge is 2.10. The fraction of sp³-hybridized carbons (Fsp3) is 1.00. The smallest absolute Gasteiger partial charge is 0.0897 e. The molecule has 0 amide bonds. The summed E-state index contributed by atoms with van der Waals surface area (Å²) in [6.45, 7) is 8.56. The topological polar surface area (TPSA) is 41.5 Å². The average Bonchev–Trinajstić information content (AvgIpc) is 2.45. The van der Waals surface area contributed by atoms with Crippen molar-refractivity contribution in [2.75, 3.05) is 19.8 Å². The Bertz CT molecular complexity index is 188. The molecule has 3 heteroatoms. The molecule has 0 aromatic rings. The van der Waals surface area contributed by atoms with Gasteiger partial charge < -0.3 is 15.2 Å². The van der Waals surface area contributed by atoms with E-state index in [2.05, 4.69) is 26.1 Å². The summed E-state index contributed by atoms with van der Waals surface area (Å²) in [5.74, 6) is 0. The first-order valence-corrected chi connectivity index (χ1v) is 8.73. The van der Waals surface area contributed by atoms with Crippen LogP contribution in [0, 0.1) is 0 Å². The van der Waals surface area contributed by atoms with Crippen molar-refractivity contribution in [1.29, 1.82) is 0 Å². The van der Waals surface area contributed by atoms with Gasteiger partial charge in [0.25, 0.3) is 0 Å². The van der Waals surface area contributed by atoms with E-state index < -0.39 is 0 Å². The van der Waals surface area contributed by atoms with E-state index in [1.807, 2.05) is 0 Å². The van der Waals surface area contributed by atoms with E-state index >= 15 is 0 Å². The van der Waals surface area contributed by atoms with E-state index in [1.165, 1.54) is 51.4 Å². The normalized spacial score (nSPS) is 14.4. The standard InChI is InChI=1S/C17H37NO2/c1-4-7-9-10-13-20-15-17(19)14-18-16(11-6-3)12-8-5-2/h16-19H,4-15H2,1-3H3. The monoisotopic (exact) mass is 287 g/mol. The van der Waals surface area contributed by atoms with Crippen LogP contribution in [-0.4, -0.2) is 37.0 Å². The lowest BCUT2D eigenvalue weighted by Crippen LogP contribution is -2.37. The van der Waals surface area contributed by atoms with E-state index in [0.717, 1.165) is 13.0 Å². The molecule has 0 fully saturated rings. The molecular formula is C17H37NO2. The van der Waals surface area contributed by atoms with E-state index in [0.29, 0.717) is 19.2 Å². The van der Waals surface area contributed by atoms with E-state index in [9.17, 15) is 5.11 Å². The van der Waals surface area contributed by atoms with E-state index in [1.54, 1.807) is 0 Å². The molecule has 0 saturated carbocycles. The Labute approximate surface area is 126 Å². The van der Waals surface area contributed by atoms with Gasteiger partial charge in [-0.1, -0.05) is 59.3 Å². The third-order valence-electron chi connectivity index (χ3n) is 3.64. The third kappa shape index (κ3) is 12.9. The zero-order valence-corrected chi connectivity index (χ0v) is 14.0. The number of hydrogen-bond acceptors (Lipinski definition) is 3. The Kier molecular flexibility index (Phi) is 15.2. The number of aliphatic hydroxyl groups is 1. The zero-order chi connectivity index (χ0) is 15.1. The SMILES string of the molecule is CCCCCCOCC(O)CNC(CCC)CCCC. The average molecular weight is 287 g/mol. The summed E-state index contributed by atoms with van der Waals surface area (Å²) in [5.41, 5.74) is 0. The first kappa shape index (κ1) is 19.9. The molecule has 0 heterocycles. The first-order valence-electron chi connectivity index (χ1n) is 8.73.